The molecule has 0 radical (unpaired) electrons. The molecule has 1 heterocycles. The van der Waals surface area contributed by atoms with Crippen LogP contribution < -0.4 is 98.6 Å². The molecular formula is C61H101N21O14S2. The number of hydrogen-bond donors (Lipinski definition) is 19. The summed E-state index contributed by atoms with van der Waals surface area (Å²) < 4.78 is 0. The van der Waals surface area contributed by atoms with Gasteiger partial charge in [0, 0.05) is 44.0 Å². The molecule has 1 aromatic carbocycles. The quantitative estimate of drug-likeness (QED) is 0.0225. The van der Waals surface area contributed by atoms with Crippen LogP contribution in [0, 0.1) is 17.8 Å². The van der Waals surface area contributed by atoms with E-state index in [0.29, 0.717) is 18.4 Å². The third-order valence-electron chi connectivity index (χ3n) is 16.2. The molecule has 26 N–H and O–H groups in total. The van der Waals surface area contributed by atoms with E-state index in [1.807, 2.05) is 0 Å². The van der Waals surface area contributed by atoms with Gasteiger partial charge in [0.2, 0.25) is 70.9 Å². The van der Waals surface area contributed by atoms with Gasteiger partial charge in [-0.05, 0) is 74.7 Å². The number of guanidine groups is 3. The first-order valence-electron chi connectivity index (χ1n) is 32.7. The molecule has 2 aliphatic rings. The SMILES string of the molecule is CC[C@H](C)[C@@H]1NC(=O)[C@@H](CCCN=C(N)N)NC(=O)CNC(=O)CNC(=O)[C@@H](C2CCCCC2)NC(=O)CCSSC[C@H](C(N)=O)NC(=O)[C@H](CCCN=C(N)N)NC(=O)[C@H](Cc2ccccc2)NC(=O)[C@@H]([C@@H](C)CC)NC(=O)[C@H](CCCN=C(N)N)NC(=O)[C@@H](CC(=O)O)NC1=O. The molecule has 11 atom stereocenters. The summed E-state index contributed by atoms with van der Waals surface area (Å²) in [5.74, 6) is -14.5. The fraction of sp³-hybridized carbons (Fsp3) is 0.639. The summed E-state index contributed by atoms with van der Waals surface area (Å²) in [4.78, 5) is 193. The van der Waals surface area contributed by atoms with Crippen LogP contribution in [0.25, 0.3) is 0 Å². The molecule has 3 rings (SSSR count). The van der Waals surface area contributed by atoms with Crippen LogP contribution >= 0.6 is 21.6 Å². The lowest BCUT2D eigenvalue weighted by Crippen LogP contribution is -2.62. The van der Waals surface area contributed by atoms with Gasteiger partial charge >= 0.3 is 5.97 Å². The van der Waals surface area contributed by atoms with Crippen molar-refractivity contribution >= 4 is 116 Å². The van der Waals surface area contributed by atoms with Crippen LogP contribution in [-0.2, 0) is 68.7 Å². The number of aliphatic imine (C=N–C) groups is 3. The molecule has 2 fully saturated rings. The Morgan fingerprint density at radius 1 is 0.510 bits per heavy atom. The number of carbonyl (C=O) groups is 13. The second-order valence-electron chi connectivity index (χ2n) is 24.0. The number of rotatable bonds is 22. The van der Waals surface area contributed by atoms with Crippen LogP contribution in [0.3, 0.4) is 0 Å². The van der Waals surface area contributed by atoms with Crippen LogP contribution in [0.2, 0.25) is 0 Å². The number of carboxylic acids is 1. The highest BCUT2D eigenvalue weighted by atomic mass is 33.1. The molecule has 12 amide bonds. The van der Waals surface area contributed by atoms with Crippen molar-refractivity contribution in [3.8, 4) is 0 Å². The zero-order valence-electron chi connectivity index (χ0n) is 56.0. The first kappa shape index (κ1) is 83.1. The third kappa shape index (κ3) is 31.8. The lowest BCUT2D eigenvalue weighted by atomic mass is 9.83. The maximum Gasteiger partial charge on any atom is 0.305 e. The number of amides is 12. The Bertz CT molecular complexity index is 2950. The van der Waals surface area contributed by atoms with E-state index < -0.39 is 163 Å². The standard InChI is InChI=1S/C61H101N21O14S2/c1-5-33(3)47-57(95)77-40(28-35-16-9-7-10-17-35)54(92)75-38(21-14-25-70-60(65)66)51(89)79-42(50(62)88)32-98-97-27-23-43(83)80-49(36-18-11-8-12-19-36)56(94)73-30-44(84)72-31-45(85)74-37(20-13-24-69-59(63)64)52(90)81-48(34(4)6-2)58(96)78-41(29-46(86)87)55(93)76-39(53(91)82-47)22-15-26-71-61(67)68/h7,9-10,16-17,33-34,36-42,47-49H,5-6,8,11-15,18-32H2,1-4H3,(H2,62,88)(H,72,84)(H,73,94)(H,74,85)(H,75,92)(H,76,93)(H,77,95)(H,78,96)(H,79,89)(H,80,83)(H,81,90)(H,82,91)(H,86,87)(H4,63,64,69)(H4,65,66,70)(H4,67,68,71)/t33-,34-,37+,38-,39-,40-,41+,42+,47+,48-,49+/m0/s1. The molecular weight excluding hydrogens is 1310 g/mol. The number of primary amides is 1. The van der Waals surface area contributed by atoms with Crippen LogP contribution in [0.1, 0.15) is 130 Å². The number of nitrogens with zero attached hydrogens (tertiary/aromatic N) is 3. The molecule has 546 valence electrons. The summed E-state index contributed by atoms with van der Waals surface area (Å²) in [6, 6.07) is -4.62. The Balaban J connectivity index is 2.18. The van der Waals surface area contributed by atoms with Gasteiger partial charge in [0.25, 0.3) is 0 Å². The van der Waals surface area contributed by atoms with E-state index in [0.717, 1.165) is 30.1 Å². The van der Waals surface area contributed by atoms with Crippen LogP contribution in [-0.4, -0.2) is 198 Å². The Morgan fingerprint density at radius 2 is 0.959 bits per heavy atom. The number of carbonyl (C=O) groups excluding carboxylic acids is 12. The number of nitrogens with two attached hydrogens (primary N) is 7. The van der Waals surface area contributed by atoms with Crippen molar-refractivity contribution < 1.29 is 67.4 Å². The molecule has 1 aliphatic carbocycles. The molecule has 37 heteroatoms. The highest BCUT2D eigenvalue weighted by Gasteiger charge is 2.38. The molecule has 1 saturated heterocycles. The Kier molecular flexibility index (Phi) is 37.8. The zero-order valence-corrected chi connectivity index (χ0v) is 57.7. The van der Waals surface area contributed by atoms with Crippen molar-refractivity contribution in [3.05, 3.63) is 35.9 Å². The van der Waals surface area contributed by atoms with Gasteiger partial charge in [-0.1, -0.05) is 112 Å². The highest BCUT2D eigenvalue weighted by Crippen LogP contribution is 2.28. The summed E-state index contributed by atoms with van der Waals surface area (Å²) in [6.07, 6.45) is 2.66. The molecule has 1 saturated carbocycles. The number of aliphatic carboxylic acids is 1. The maximum absolute atomic E-state index is 14.8. The molecule has 98 heavy (non-hydrogen) atoms. The summed E-state index contributed by atoms with van der Waals surface area (Å²) in [5.41, 5.74) is 39.7. The van der Waals surface area contributed by atoms with E-state index in [2.05, 4.69) is 73.5 Å². The van der Waals surface area contributed by atoms with Crippen molar-refractivity contribution in [1.29, 1.82) is 0 Å². The van der Waals surface area contributed by atoms with Crippen LogP contribution in [0.5, 0.6) is 0 Å². The maximum atomic E-state index is 14.8. The zero-order chi connectivity index (χ0) is 72.9. The Hall–Kier alpha value is -9.16. The van der Waals surface area contributed by atoms with Crippen LogP contribution in [0.4, 0.5) is 0 Å². The number of carboxylic acid groups (broad SMARTS) is 1. The highest BCUT2D eigenvalue weighted by molar-refractivity contribution is 8.76. The molecule has 0 unspecified atom stereocenters. The van der Waals surface area contributed by atoms with Crippen LogP contribution in [0.15, 0.2) is 45.3 Å². The third-order valence-corrected chi connectivity index (χ3v) is 18.7. The summed E-state index contributed by atoms with van der Waals surface area (Å²) in [6.45, 7) is 5.24. The van der Waals surface area contributed by atoms with E-state index in [9.17, 15) is 67.4 Å². The van der Waals surface area contributed by atoms with Gasteiger partial charge in [-0.3, -0.25) is 77.3 Å². The second kappa shape index (κ2) is 44.6. The minimum atomic E-state index is -1.93. The van der Waals surface area contributed by atoms with Gasteiger partial charge in [-0.15, -0.1) is 0 Å². The van der Waals surface area contributed by atoms with Gasteiger partial charge in [-0.25, -0.2) is 0 Å². The van der Waals surface area contributed by atoms with E-state index >= 15 is 0 Å². The van der Waals surface area contributed by atoms with Gasteiger partial charge in [0.1, 0.15) is 54.4 Å². The molecule has 0 spiro atoms. The summed E-state index contributed by atoms with van der Waals surface area (Å²) in [5, 5.41) is 38.6. The van der Waals surface area contributed by atoms with Gasteiger partial charge in [0.05, 0.1) is 19.5 Å². The lowest BCUT2D eigenvalue weighted by Gasteiger charge is -2.30. The summed E-state index contributed by atoms with van der Waals surface area (Å²) >= 11 is 0. The minimum Gasteiger partial charge on any atom is -0.481 e. The summed E-state index contributed by atoms with van der Waals surface area (Å²) in [7, 11) is 2.27. The van der Waals surface area contributed by atoms with Crippen molar-refractivity contribution in [2.75, 3.05) is 44.2 Å². The number of benzene rings is 1. The molecule has 35 nitrogen and oxygen atoms in total. The first-order valence-corrected chi connectivity index (χ1v) is 35.2. The average Bonchev–Trinajstić information content (AvgIpc) is 0.872. The lowest BCUT2D eigenvalue weighted by molar-refractivity contribution is -0.142. The van der Waals surface area contributed by atoms with Crippen molar-refractivity contribution in [3.63, 3.8) is 0 Å². The predicted molar refractivity (Wildman–Crippen MR) is 370 cm³/mol. The van der Waals surface area contributed by atoms with Gasteiger partial charge < -0.3 is 104 Å². The predicted octanol–water partition coefficient (Wildman–Crippen LogP) is -4.60. The van der Waals surface area contributed by atoms with E-state index in [1.54, 1.807) is 58.0 Å². The van der Waals surface area contributed by atoms with Crippen molar-refractivity contribution in [2.45, 2.75) is 185 Å². The molecule has 1 aromatic rings. The first-order chi connectivity index (χ1) is 46.5. The Morgan fingerprint density at radius 3 is 1.44 bits per heavy atom. The van der Waals surface area contributed by atoms with Gasteiger partial charge in [-0.2, -0.15) is 0 Å². The fourth-order valence-electron chi connectivity index (χ4n) is 10.4. The monoisotopic (exact) mass is 1420 g/mol. The molecule has 1 aliphatic heterocycles. The smallest absolute Gasteiger partial charge is 0.305 e. The second-order valence-corrected chi connectivity index (χ2v) is 26.6. The van der Waals surface area contributed by atoms with Crippen molar-refractivity contribution in [1.82, 2.24) is 58.5 Å². The van der Waals surface area contributed by atoms with E-state index in [4.69, 9.17) is 40.1 Å². The average molecular weight is 1420 g/mol. The molecule has 0 aromatic heterocycles. The topological polar surface area (TPSA) is 594 Å². The fourth-order valence-corrected chi connectivity index (χ4v) is 12.6. The minimum absolute atomic E-state index is 0.00103. The largest absolute Gasteiger partial charge is 0.481 e. The Labute approximate surface area is 577 Å². The normalized spacial score (nSPS) is 24.2. The van der Waals surface area contributed by atoms with E-state index in [-0.39, 0.29) is 119 Å². The number of hydrogen-bond acceptors (Lipinski definition) is 18. The van der Waals surface area contributed by atoms with E-state index in [1.165, 1.54) is 10.8 Å². The number of nitrogens with one attached hydrogen (secondary N) is 11. The molecule has 0 bridgehead atoms. The van der Waals surface area contributed by atoms with Gasteiger partial charge in [0.15, 0.2) is 17.9 Å². The van der Waals surface area contributed by atoms with Crippen molar-refractivity contribution in [2.24, 2.45) is 72.9 Å².